The van der Waals surface area contributed by atoms with Crippen LogP contribution in [0.25, 0.3) is 0 Å². The van der Waals surface area contributed by atoms with Crippen molar-refractivity contribution in [2.75, 3.05) is 0 Å². The zero-order chi connectivity index (χ0) is 18.3. The molecule has 0 aliphatic carbocycles. The van der Waals surface area contributed by atoms with Crippen molar-refractivity contribution in [1.29, 1.82) is 0 Å². The third-order valence-electron chi connectivity index (χ3n) is 5.00. The summed E-state index contributed by atoms with van der Waals surface area (Å²) in [5, 5.41) is 0. The standard InChI is InChI=1S/C17H30F6/c1-5-8-10-11-13(4)15(16(18,19)20,17(21,22)23)14(7-3)12-9-6-2/h13-14H,5-12H2,1-4H3. The summed E-state index contributed by atoms with van der Waals surface area (Å²) < 4.78 is 82.7. The smallest absolute Gasteiger partial charge is 0.170 e. The van der Waals surface area contributed by atoms with Crippen LogP contribution in [0.3, 0.4) is 0 Å². The van der Waals surface area contributed by atoms with Gasteiger partial charge in [0.1, 0.15) is 0 Å². The molecule has 0 bridgehead atoms. The van der Waals surface area contributed by atoms with E-state index in [0.29, 0.717) is 25.7 Å². The molecule has 0 heterocycles. The Bertz CT molecular complexity index is 304. The maximum atomic E-state index is 13.8. The Hall–Kier alpha value is -0.420. The van der Waals surface area contributed by atoms with Gasteiger partial charge in [0.2, 0.25) is 0 Å². The van der Waals surface area contributed by atoms with Crippen molar-refractivity contribution in [1.82, 2.24) is 0 Å². The summed E-state index contributed by atoms with van der Waals surface area (Å²) in [6.45, 7) is 6.22. The van der Waals surface area contributed by atoms with Crippen molar-refractivity contribution < 1.29 is 26.3 Å². The van der Waals surface area contributed by atoms with Gasteiger partial charge < -0.3 is 0 Å². The van der Waals surface area contributed by atoms with Gasteiger partial charge in [0.05, 0.1) is 0 Å². The van der Waals surface area contributed by atoms with Crippen molar-refractivity contribution in [3.8, 4) is 0 Å². The predicted octanol–water partition coefficient (Wildman–Crippen LogP) is 7.53. The summed E-state index contributed by atoms with van der Waals surface area (Å²) in [4.78, 5) is 0. The summed E-state index contributed by atoms with van der Waals surface area (Å²) >= 11 is 0. The van der Waals surface area contributed by atoms with Crippen molar-refractivity contribution in [3.05, 3.63) is 0 Å². The topological polar surface area (TPSA) is 0 Å². The maximum Gasteiger partial charge on any atom is 0.403 e. The minimum atomic E-state index is -5.29. The van der Waals surface area contributed by atoms with Crippen LogP contribution >= 0.6 is 0 Å². The van der Waals surface area contributed by atoms with Crippen LogP contribution in [0.1, 0.15) is 79.1 Å². The lowest BCUT2D eigenvalue weighted by Gasteiger charge is -2.47. The first-order valence-corrected chi connectivity index (χ1v) is 8.63. The normalized spacial score (nSPS) is 16.4. The first-order valence-electron chi connectivity index (χ1n) is 8.63. The molecule has 23 heavy (non-hydrogen) atoms. The van der Waals surface area contributed by atoms with E-state index in [0.717, 1.165) is 13.3 Å². The Morgan fingerprint density at radius 2 is 1.17 bits per heavy atom. The highest BCUT2D eigenvalue weighted by molar-refractivity contribution is 5.01. The van der Waals surface area contributed by atoms with Crippen molar-refractivity contribution >= 4 is 0 Å². The molecule has 0 aromatic heterocycles. The minimum Gasteiger partial charge on any atom is -0.170 e. The molecule has 2 atom stereocenters. The van der Waals surface area contributed by atoms with Gasteiger partial charge in [-0.3, -0.25) is 0 Å². The van der Waals surface area contributed by atoms with Crippen molar-refractivity contribution in [3.63, 3.8) is 0 Å². The predicted molar refractivity (Wildman–Crippen MR) is 81.2 cm³/mol. The molecule has 0 saturated carbocycles. The van der Waals surface area contributed by atoms with Crippen LogP contribution in [0.4, 0.5) is 26.3 Å². The third kappa shape index (κ3) is 5.02. The number of halogens is 6. The van der Waals surface area contributed by atoms with E-state index in [9.17, 15) is 26.3 Å². The van der Waals surface area contributed by atoms with E-state index < -0.39 is 29.6 Å². The highest BCUT2D eigenvalue weighted by Crippen LogP contribution is 2.62. The lowest BCUT2D eigenvalue weighted by Crippen LogP contribution is -2.58. The molecule has 0 aliphatic rings. The molecule has 0 amide bonds. The molecule has 6 heteroatoms. The van der Waals surface area contributed by atoms with E-state index in [1.807, 2.05) is 6.92 Å². The van der Waals surface area contributed by atoms with Gasteiger partial charge in [0.25, 0.3) is 0 Å². The first-order chi connectivity index (χ1) is 10.5. The van der Waals surface area contributed by atoms with E-state index in [1.165, 1.54) is 6.92 Å². The Morgan fingerprint density at radius 1 is 0.696 bits per heavy atom. The second-order valence-electron chi connectivity index (χ2n) is 6.51. The van der Waals surface area contributed by atoms with E-state index >= 15 is 0 Å². The van der Waals surface area contributed by atoms with E-state index in [-0.39, 0.29) is 19.3 Å². The average Bonchev–Trinajstić information content (AvgIpc) is 2.40. The lowest BCUT2D eigenvalue weighted by molar-refractivity contribution is -0.377. The number of unbranched alkanes of at least 4 members (excludes halogenated alkanes) is 3. The largest absolute Gasteiger partial charge is 0.403 e. The maximum absolute atomic E-state index is 13.8. The highest BCUT2D eigenvalue weighted by Gasteiger charge is 2.74. The average molecular weight is 348 g/mol. The molecular formula is C17H30F6. The summed E-state index contributed by atoms with van der Waals surface area (Å²) in [6, 6.07) is 0. The Kier molecular flexibility index (Phi) is 9.00. The Morgan fingerprint density at radius 3 is 1.52 bits per heavy atom. The fourth-order valence-electron chi connectivity index (χ4n) is 3.72. The molecule has 0 nitrogen and oxygen atoms in total. The molecule has 2 unspecified atom stereocenters. The number of rotatable bonds is 10. The van der Waals surface area contributed by atoms with Gasteiger partial charge in [-0.2, -0.15) is 26.3 Å². The lowest BCUT2D eigenvalue weighted by atomic mass is 9.62. The number of alkyl halides is 6. The summed E-state index contributed by atoms with van der Waals surface area (Å²) in [7, 11) is 0. The Labute approximate surface area is 136 Å². The Balaban J connectivity index is 5.88. The van der Waals surface area contributed by atoms with Crippen LogP contribution in [-0.4, -0.2) is 12.4 Å². The van der Waals surface area contributed by atoms with Gasteiger partial charge in [0.15, 0.2) is 5.41 Å². The van der Waals surface area contributed by atoms with Gasteiger partial charge in [0, 0.05) is 0 Å². The minimum absolute atomic E-state index is 0.0376. The molecule has 140 valence electrons. The van der Waals surface area contributed by atoms with Crippen molar-refractivity contribution in [2.24, 2.45) is 17.3 Å². The molecule has 0 saturated heterocycles. The molecule has 0 aliphatic heterocycles. The van der Waals surface area contributed by atoms with E-state index in [4.69, 9.17) is 0 Å². The zero-order valence-electron chi connectivity index (χ0n) is 14.6. The van der Waals surface area contributed by atoms with E-state index in [1.54, 1.807) is 6.92 Å². The third-order valence-corrected chi connectivity index (χ3v) is 5.00. The second-order valence-corrected chi connectivity index (χ2v) is 6.51. The van der Waals surface area contributed by atoms with Crippen LogP contribution in [0, 0.1) is 17.3 Å². The number of hydrogen-bond donors (Lipinski definition) is 0. The molecule has 0 rings (SSSR count). The highest BCUT2D eigenvalue weighted by atomic mass is 19.4. The van der Waals surface area contributed by atoms with Crippen LogP contribution in [0.5, 0.6) is 0 Å². The molecule has 0 radical (unpaired) electrons. The van der Waals surface area contributed by atoms with Crippen LogP contribution in [0.2, 0.25) is 0 Å². The van der Waals surface area contributed by atoms with Crippen molar-refractivity contribution in [2.45, 2.75) is 91.4 Å². The zero-order valence-corrected chi connectivity index (χ0v) is 14.6. The molecule has 0 aromatic rings. The van der Waals surface area contributed by atoms with Gasteiger partial charge >= 0.3 is 12.4 Å². The fourth-order valence-corrected chi connectivity index (χ4v) is 3.72. The van der Waals surface area contributed by atoms with Gasteiger partial charge in [-0.1, -0.05) is 66.2 Å². The van der Waals surface area contributed by atoms with Crippen LogP contribution in [-0.2, 0) is 0 Å². The fraction of sp³-hybridized carbons (Fsp3) is 1.00. The van der Waals surface area contributed by atoms with Crippen LogP contribution < -0.4 is 0 Å². The van der Waals surface area contributed by atoms with Crippen LogP contribution in [0.15, 0.2) is 0 Å². The molecular weight excluding hydrogens is 318 g/mol. The molecule has 0 N–H and O–H groups in total. The van der Waals surface area contributed by atoms with Gasteiger partial charge in [-0.25, -0.2) is 0 Å². The first kappa shape index (κ1) is 22.6. The number of hydrogen-bond acceptors (Lipinski definition) is 0. The molecule has 0 aromatic carbocycles. The summed E-state index contributed by atoms with van der Waals surface area (Å²) in [5.41, 5.74) is -3.60. The molecule has 0 spiro atoms. The summed E-state index contributed by atoms with van der Waals surface area (Å²) in [5.74, 6) is -2.88. The SMILES string of the molecule is CCCCCC(C)C(C(CC)CCCC)(C(F)(F)F)C(F)(F)F. The monoisotopic (exact) mass is 348 g/mol. The van der Waals surface area contributed by atoms with Gasteiger partial charge in [-0.05, 0) is 24.7 Å². The van der Waals surface area contributed by atoms with Gasteiger partial charge in [-0.15, -0.1) is 0 Å². The quantitative estimate of drug-likeness (QED) is 0.283. The second kappa shape index (κ2) is 9.16. The van der Waals surface area contributed by atoms with E-state index in [2.05, 4.69) is 0 Å². The molecule has 0 fully saturated rings. The summed E-state index contributed by atoms with van der Waals surface area (Å²) in [6.07, 6.45) is -7.98.